The fourth-order valence-corrected chi connectivity index (χ4v) is 3.18. The number of benzene rings is 1. The van der Waals surface area contributed by atoms with Gasteiger partial charge in [-0.3, -0.25) is 0 Å². The molecular formula is C24H38AgO4. The number of hydrogen-bond donors (Lipinski definition) is 0. The monoisotopic (exact) mass is 497 g/mol. The second-order valence-corrected chi connectivity index (χ2v) is 7.58. The molecule has 0 aromatic heterocycles. The van der Waals surface area contributed by atoms with E-state index in [-0.39, 0.29) is 22.4 Å². The van der Waals surface area contributed by atoms with Crippen molar-refractivity contribution in [3.05, 3.63) is 35.4 Å². The van der Waals surface area contributed by atoms with Gasteiger partial charge < -0.3 is 9.47 Å². The van der Waals surface area contributed by atoms with Crippen LogP contribution in [0.4, 0.5) is 0 Å². The Balaban J connectivity index is 0.00000784. The first-order valence-corrected chi connectivity index (χ1v) is 11.0. The Kier molecular flexibility index (Phi) is 16.0. The number of hydrogen-bond acceptors (Lipinski definition) is 4. The summed E-state index contributed by atoms with van der Waals surface area (Å²) in [5.74, 6) is -0.153. The summed E-state index contributed by atoms with van der Waals surface area (Å²) < 4.78 is 11.0. The average Bonchev–Trinajstić information content (AvgIpc) is 2.73. The Bertz CT molecular complexity index is 537. The van der Waals surface area contributed by atoms with Gasteiger partial charge in [-0.05, 0) is 36.8 Å². The van der Waals surface area contributed by atoms with Gasteiger partial charge in [-0.1, -0.05) is 78.4 Å². The van der Waals surface area contributed by atoms with E-state index in [2.05, 4.69) is 27.7 Å². The summed E-state index contributed by atoms with van der Waals surface area (Å²) in [5.41, 5.74) is 0.582. The van der Waals surface area contributed by atoms with Crippen LogP contribution in [0.15, 0.2) is 24.3 Å². The molecule has 0 aliphatic carbocycles. The molecule has 0 bridgehead atoms. The molecule has 0 spiro atoms. The Morgan fingerprint density at radius 1 is 0.759 bits per heavy atom. The zero-order valence-electron chi connectivity index (χ0n) is 18.5. The molecule has 0 heterocycles. The standard InChI is InChI=1S/C24H38O4.Ag/c1-5-9-13-19(7-3)17-27-23(25)21-15-11-12-16-22(21)24(26)28-18-20(8-4)14-10-6-2;/h11-12,15-16,19-20H,5-10,13-14,17-18H2,1-4H3;. The van der Waals surface area contributed by atoms with E-state index >= 15 is 0 Å². The fraction of sp³-hybridized carbons (Fsp3) is 0.667. The molecule has 0 saturated carbocycles. The van der Waals surface area contributed by atoms with E-state index in [1.54, 1.807) is 24.3 Å². The molecule has 29 heavy (non-hydrogen) atoms. The van der Waals surface area contributed by atoms with Crippen LogP contribution < -0.4 is 0 Å². The van der Waals surface area contributed by atoms with E-state index in [0.717, 1.165) is 51.4 Å². The number of carbonyl (C=O) groups is 2. The second-order valence-electron chi connectivity index (χ2n) is 7.58. The van der Waals surface area contributed by atoms with E-state index in [4.69, 9.17) is 9.47 Å². The first kappa shape index (κ1) is 27.9. The van der Waals surface area contributed by atoms with Crippen molar-refractivity contribution in [2.45, 2.75) is 79.1 Å². The van der Waals surface area contributed by atoms with Gasteiger partial charge in [-0.15, -0.1) is 0 Å². The van der Waals surface area contributed by atoms with Crippen LogP contribution in [0.5, 0.6) is 0 Å². The quantitative estimate of drug-likeness (QED) is 0.219. The second kappa shape index (κ2) is 16.7. The summed E-state index contributed by atoms with van der Waals surface area (Å²) in [5, 5.41) is 0. The van der Waals surface area contributed by atoms with Crippen molar-refractivity contribution in [1.29, 1.82) is 0 Å². The number of ether oxygens (including phenoxy) is 2. The van der Waals surface area contributed by atoms with Crippen LogP contribution in [0.2, 0.25) is 0 Å². The van der Waals surface area contributed by atoms with Crippen molar-refractivity contribution in [1.82, 2.24) is 0 Å². The first-order chi connectivity index (χ1) is 13.6. The van der Waals surface area contributed by atoms with Crippen LogP contribution in [0.25, 0.3) is 0 Å². The molecule has 0 amide bonds. The maximum atomic E-state index is 12.6. The molecule has 0 fully saturated rings. The van der Waals surface area contributed by atoms with Gasteiger partial charge in [0.1, 0.15) is 0 Å². The third-order valence-corrected chi connectivity index (χ3v) is 5.35. The van der Waals surface area contributed by atoms with Crippen molar-refractivity contribution < 1.29 is 41.4 Å². The number of carbonyl (C=O) groups excluding carboxylic acids is 2. The van der Waals surface area contributed by atoms with Crippen molar-refractivity contribution in [3.63, 3.8) is 0 Å². The molecular weight excluding hydrogens is 460 g/mol. The van der Waals surface area contributed by atoms with Gasteiger partial charge in [-0.2, -0.15) is 0 Å². The fourth-order valence-electron chi connectivity index (χ4n) is 3.18. The summed E-state index contributed by atoms with van der Waals surface area (Å²) in [6, 6.07) is 6.77. The van der Waals surface area contributed by atoms with E-state index in [1.165, 1.54) is 0 Å². The minimum Gasteiger partial charge on any atom is -0.462 e. The average molecular weight is 498 g/mol. The van der Waals surface area contributed by atoms with E-state index in [9.17, 15) is 9.59 Å². The topological polar surface area (TPSA) is 52.6 Å². The predicted octanol–water partition coefficient (Wildman–Crippen LogP) is 6.43. The molecule has 1 aromatic carbocycles. The van der Waals surface area contributed by atoms with Gasteiger partial charge in [0.05, 0.1) is 24.3 Å². The Hall–Kier alpha value is -1.10. The molecule has 2 atom stereocenters. The van der Waals surface area contributed by atoms with Crippen LogP contribution in [0.1, 0.15) is 99.8 Å². The molecule has 0 aliphatic rings. The van der Waals surface area contributed by atoms with Crippen molar-refractivity contribution in [3.8, 4) is 0 Å². The van der Waals surface area contributed by atoms with Gasteiger partial charge in [0.2, 0.25) is 0 Å². The normalized spacial score (nSPS) is 12.6. The Morgan fingerprint density at radius 3 is 1.45 bits per heavy atom. The number of unbranched alkanes of at least 4 members (excludes halogenated alkanes) is 2. The summed E-state index contributed by atoms with van der Waals surface area (Å²) in [4.78, 5) is 25.1. The molecule has 169 valence electrons. The maximum Gasteiger partial charge on any atom is 0.339 e. The van der Waals surface area contributed by atoms with Crippen LogP contribution in [0, 0.1) is 11.8 Å². The van der Waals surface area contributed by atoms with E-state index in [0.29, 0.717) is 36.2 Å². The number of esters is 2. The molecule has 2 unspecified atom stereocenters. The minimum atomic E-state index is -0.444. The Labute approximate surface area is 192 Å². The SMILES string of the molecule is CCCCC(CC)COC(=O)c1ccccc1C(=O)OCC(CC)CCCC.[Ag]. The van der Waals surface area contributed by atoms with Crippen LogP contribution in [-0.2, 0) is 31.9 Å². The van der Waals surface area contributed by atoms with E-state index in [1.807, 2.05) is 0 Å². The summed E-state index contributed by atoms with van der Waals surface area (Å²) in [7, 11) is 0. The first-order valence-electron chi connectivity index (χ1n) is 11.0. The van der Waals surface area contributed by atoms with Crippen LogP contribution in [-0.4, -0.2) is 25.2 Å². The molecule has 1 aromatic rings. The van der Waals surface area contributed by atoms with Gasteiger partial charge >= 0.3 is 11.9 Å². The molecule has 1 rings (SSSR count). The van der Waals surface area contributed by atoms with E-state index < -0.39 is 11.9 Å². The molecule has 0 saturated heterocycles. The third-order valence-electron chi connectivity index (χ3n) is 5.35. The molecule has 0 N–H and O–H groups in total. The van der Waals surface area contributed by atoms with Gasteiger partial charge in [0.25, 0.3) is 0 Å². The van der Waals surface area contributed by atoms with Gasteiger partial charge in [0, 0.05) is 22.4 Å². The maximum absolute atomic E-state index is 12.6. The van der Waals surface area contributed by atoms with Crippen LogP contribution in [0.3, 0.4) is 0 Å². The molecule has 5 heteroatoms. The van der Waals surface area contributed by atoms with Crippen molar-refractivity contribution in [2.75, 3.05) is 13.2 Å². The van der Waals surface area contributed by atoms with Gasteiger partial charge in [-0.25, -0.2) is 9.59 Å². The zero-order chi connectivity index (χ0) is 20.8. The number of rotatable bonds is 14. The minimum absolute atomic E-state index is 0. The van der Waals surface area contributed by atoms with Crippen LogP contribution >= 0.6 is 0 Å². The third kappa shape index (κ3) is 10.5. The molecule has 4 nitrogen and oxygen atoms in total. The van der Waals surface area contributed by atoms with Crippen molar-refractivity contribution >= 4 is 11.9 Å². The zero-order valence-corrected chi connectivity index (χ0v) is 20.0. The van der Waals surface area contributed by atoms with Gasteiger partial charge in [0.15, 0.2) is 0 Å². The van der Waals surface area contributed by atoms with Crippen molar-refractivity contribution in [2.24, 2.45) is 11.8 Å². The molecule has 0 aliphatic heterocycles. The molecule has 1 radical (unpaired) electrons. The predicted molar refractivity (Wildman–Crippen MR) is 114 cm³/mol. The summed E-state index contributed by atoms with van der Waals surface area (Å²) >= 11 is 0. The Morgan fingerprint density at radius 2 is 1.14 bits per heavy atom. The summed E-state index contributed by atoms with van der Waals surface area (Å²) in [6.07, 6.45) is 8.61. The summed E-state index contributed by atoms with van der Waals surface area (Å²) in [6.45, 7) is 9.34. The smallest absolute Gasteiger partial charge is 0.339 e. The largest absolute Gasteiger partial charge is 0.462 e.